The van der Waals surface area contributed by atoms with Gasteiger partial charge in [-0.25, -0.2) is 9.78 Å². The van der Waals surface area contributed by atoms with Crippen molar-refractivity contribution in [3.8, 4) is 0 Å². The number of amides is 1. The standard InChI is InChI=1S/C22H31N3O4/c1-15(26)13-22(5,6)14-18-24-17-10-8-7-9-16(17)19(27)25(18)12-11-23-20(28)29-21(2,3)4/h7-10H,11-14H2,1-6H3,(H,23,28). The molecule has 0 saturated carbocycles. The molecule has 7 heteroatoms. The maximum Gasteiger partial charge on any atom is 0.407 e. The first-order valence-electron chi connectivity index (χ1n) is 9.83. The first kappa shape index (κ1) is 22.6. The molecular formula is C22H31N3O4. The largest absolute Gasteiger partial charge is 0.444 e. The third-order valence-corrected chi connectivity index (χ3v) is 4.31. The number of carbonyl (C=O) groups is 2. The van der Waals surface area contributed by atoms with Crippen molar-refractivity contribution in [1.29, 1.82) is 0 Å². The van der Waals surface area contributed by atoms with Crippen molar-refractivity contribution in [2.24, 2.45) is 5.41 Å². The van der Waals surface area contributed by atoms with Crippen molar-refractivity contribution in [3.63, 3.8) is 0 Å². The first-order chi connectivity index (χ1) is 13.4. The Bertz CT molecular complexity index is 955. The van der Waals surface area contributed by atoms with E-state index in [1.807, 2.05) is 26.0 Å². The van der Waals surface area contributed by atoms with Gasteiger partial charge in [-0.3, -0.25) is 9.36 Å². The van der Waals surface area contributed by atoms with Crippen LogP contribution in [0.2, 0.25) is 0 Å². The molecule has 0 aliphatic heterocycles. The highest BCUT2D eigenvalue weighted by Gasteiger charge is 2.24. The van der Waals surface area contributed by atoms with Gasteiger partial charge in [0.05, 0.1) is 10.9 Å². The minimum atomic E-state index is -0.590. The lowest BCUT2D eigenvalue weighted by atomic mass is 9.84. The Labute approximate surface area is 171 Å². The van der Waals surface area contributed by atoms with Gasteiger partial charge in [0.1, 0.15) is 17.2 Å². The molecule has 0 saturated heterocycles. The van der Waals surface area contributed by atoms with Crippen LogP contribution in [0.4, 0.5) is 4.79 Å². The van der Waals surface area contributed by atoms with Gasteiger partial charge in [0.15, 0.2) is 0 Å². The molecule has 158 valence electrons. The predicted octanol–water partition coefficient (Wildman–Crippen LogP) is 3.47. The van der Waals surface area contributed by atoms with E-state index in [9.17, 15) is 14.4 Å². The SMILES string of the molecule is CC(=O)CC(C)(C)Cc1nc2ccccc2c(=O)n1CCNC(=O)OC(C)(C)C. The van der Waals surface area contributed by atoms with Gasteiger partial charge < -0.3 is 14.8 Å². The summed E-state index contributed by atoms with van der Waals surface area (Å²) in [5.74, 6) is 0.696. The fourth-order valence-corrected chi connectivity index (χ4v) is 3.33. The van der Waals surface area contributed by atoms with Crippen molar-refractivity contribution in [3.05, 3.63) is 40.4 Å². The monoisotopic (exact) mass is 401 g/mol. The molecule has 0 unspecified atom stereocenters. The molecule has 0 spiro atoms. The van der Waals surface area contributed by atoms with Crippen LogP contribution in [0, 0.1) is 5.41 Å². The number of nitrogens with zero attached hydrogens (tertiary/aromatic N) is 2. The molecule has 0 atom stereocenters. The zero-order valence-electron chi connectivity index (χ0n) is 18.2. The number of fused-ring (bicyclic) bond motifs is 1. The maximum absolute atomic E-state index is 13.1. The molecule has 0 bridgehead atoms. The second-order valence-corrected chi connectivity index (χ2v) is 9.15. The summed E-state index contributed by atoms with van der Waals surface area (Å²) >= 11 is 0. The van der Waals surface area contributed by atoms with Crippen LogP contribution in [0.25, 0.3) is 10.9 Å². The van der Waals surface area contributed by atoms with E-state index in [1.165, 1.54) is 0 Å². The summed E-state index contributed by atoms with van der Waals surface area (Å²) in [6, 6.07) is 7.19. The molecule has 1 heterocycles. The second kappa shape index (κ2) is 8.76. The summed E-state index contributed by atoms with van der Waals surface area (Å²) in [5, 5.41) is 3.21. The molecule has 1 N–H and O–H groups in total. The van der Waals surface area contributed by atoms with E-state index in [0.29, 0.717) is 29.6 Å². The van der Waals surface area contributed by atoms with E-state index in [4.69, 9.17) is 9.72 Å². The van der Waals surface area contributed by atoms with Crippen LogP contribution < -0.4 is 10.9 Å². The van der Waals surface area contributed by atoms with E-state index >= 15 is 0 Å². The highest BCUT2D eigenvalue weighted by Crippen LogP contribution is 2.25. The average molecular weight is 402 g/mol. The van der Waals surface area contributed by atoms with Crippen molar-refractivity contribution in [2.75, 3.05) is 6.54 Å². The van der Waals surface area contributed by atoms with Gasteiger partial charge in [-0.2, -0.15) is 0 Å². The summed E-state index contributed by atoms with van der Waals surface area (Å²) in [4.78, 5) is 41.3. The van der Waals surface area contributed by atoms with E-state index in [2.05, 4.69) is 5.32 Å². The fourth-order valence-electron chi connectivity index (χ4n) is 3.33. The van der Waals surface area contributed by atoms with Crippen molar-refractivity contribution in [2.45, 2.75) is 66.5 Å². The van der Waals surface area contributed by atoms with Crippen LogP contribution in [0.3, 0.4) is 0 Å². The van der Waals surface area contributed by atoms with E-state index < -0.39 is 11.7 Å². The molecule has 1 amide bonds. The molecule has 29 heavy (non-hydrogen) atoms. The average Bonchev–Trinajstić information content (AvgIpc) is 2.54. The van der Waals surface area contributed by atoms with Gasteiger partial charge in [0, 0.05) is 25.9 Å². The fraction of sp³-hybridized carbons (Fsp3) is 0.545. The highest BCUT2D eigenvalue weighted by molar-refractivity contribution is 5.77. The second-order valence-electron chi connectivity index (χ2n) is 9.15. The number of alkyl carbamates (subject to hydrolysis) is 1. The van der Waals surface area contributed by atoms with Gasteiger partial charge in [0.25, 0.3) is 5.56 Å². The van der Waals surface area contributed by atoms with Crippen LogP contribution in [0.15, 0.2) is 29.1 Å². The van der Waals surface area contributed by atoms with Gasteiger partial charge >= 0.3 is 6.09 Å². The number of ketones is 1. The number of hydrogen-bond donors (Lipinski definition) is 1. The number of aromatic nitrogens is 2. The minimum Gasteiger partial charge on any atom is -0.444 e. The number of rotatable bonds is 7. The van der Waals surface area contributed by atoms with Crippen molar-refractivity contribution < 1.29 is 14.3 Å². The van der Waals surface area contributed by atoms with Gasteiger partial charge in [-0.1, -0.05) is 26.0 Å². The molecule has 0 fully saturated rings. The summed E-state index contributed by atoms with van der Waals surface area (Å²) in [6.45, 7) is 11.4. The molecule has 0 aliphatic rings. The lowest BCUT2D eigenvalue weighted by molar-refractivity contribution is -0.118. The Morgan fingerprint density at radius 1 is 1.14 bits per heavy atom. The third kappa shape index (κ3) is 6.69. The number of benzene rings is 1. The van der Waals surface area contributed by atoms with Crippen LogP contribution in [-0.2, 0) is 22.5 Å². The smallest absolute Gasteiger partial charge is 0.407 e. The van der Waals surface area contributed by atoms with Crippen molar-refractivity contribution >= 4 is 22.8 Å². The molecule has 7 nitrogen and oxygen atoms in total. The normalized spacial score (nSPS) is 12.1. The molecule has 0 radical (unpaired) electrons. The van der Waals surface area contributed by atoms with E-state index in [-0.39, 0.29) is 29.8 Å². The maximum atomic E-state index is 13.1. The Kier molecular flexibility index (Phi) is 6.82. The van der Waals surface area contributed by atoms with Gasteiger partial charge in [-0.05, 0) is 45.2 Å². The quantitative estimate of drug-likeness (QED) is 0.767. The van der Waals surface area contributed by atoms with Crippen LogP contribution in [-0.4, -0.2) is 33.6 Å². The molecular weight excluding hydrogens is 370 g/mol. The summed E-state index contributed by atoms with van der Waals surface area (Å²) in [5.41, 5.74) is -0.459. The lowest BCUT2D eigenvalue weighted by Gasteiger charge is -2.25. The van der Waals surface area contributed by atoms with Crippen molar-refractivity contribution in [1.82, 2.24) is 14.9 Å². The Morgan fingerprint density at radius 3 is 2.41 bits per heavy atom. The number of para-hydroxylation sites is 1. The summed E-state index contributed by atoms with van der Waals surface area (Å²) in [7, 11) is 0. The van der Waals surface area contributed by atoms with Gasteiger partial charge in [-0.15, -0.1) is 0 Å². The summed E-state index contributed by atoms with van der Waals surface area (Å²) < 4.78 is 6.83. The highest BCUT2D eigenvalue weighted by atomic mass is 16.6. The molecule has 2 rings (SSSR count). The van der Waals surface area contributed by atoms with E-state index in [0.717, 1.165) is 0 Å². The van der Waals surface area contributed by atoms with E-state index in [1.54, 1.807) is 44.4 Å². The lowest BCUT2D eigenvalue weighted by Crippen LogP contribution is -2.37. The zero-order valence-corrected chi connectivity index (χ0v) is 18.2. The number of Topliss-reactive ketones (excluding diaryl/α,β-unsaturated/α-hetero) is 1. The van der Waals surface area contributed by atoms with Crippen LogP contribution >= 0.6 is 0 Å². The first-order valence-corrected chi connectivity index (χ1v) is 9.83. The zero-order chi connectivity index (χ0) is 21.8. The number of carbonyl (C=O) groups excluding carboxylic acids is 2. The topological polar surface area (TPSA) is 90.3 Å². The Hall–Kier alpha value is -2.70. The third-order valence-electron chi connectivity index (χ3n) is 4.31. The minimum absolute atomic E-state index is 0.0938. The van der Waals surface area contributed by atoms with Gasteiger partial charge in [0.2, 0.25) is 0 Å². The van der Waals surface area contributed by atoms with Crippen LogP contribution in [0.1, 0.15) is 53.8 Å². The Balaban J connectivity index is 2.31. The molecule has 1 aromatic heterocycles. The number of hydrogen-bond acceptors (Lipinski definition) is 5. The number of nitrogens with one attached hydrogen (secondary N) is 1. The molecule has 0 aliphatic carbocycles. The predicted molar refractivity (Wildman–Crippen MR) is 113 cm³/mol. The van der Waals surface area contributed by atoms with Crippen LogP contribution in [0.5, 0.6) is 0 Å². The number of ether oxygens (including phenoxy) is 1. The molecule has 2 aromatic rings. The molecule has 1 aromatic carbocycles. The summed E-state index contributed by atoms with van der Waals surface area (Å²) in [6.07, 6.45) is 0.336. The Morgan fingerprint density at radius 2 is 1.79 bits per heavy atom.